The zero-order valence-electron chi connectivity index (χ0n) is 34.0. The van der Waals surface area contributed by atoms with Gasteiger partial charge in [-0.15, -0.1) is 0 Å². The molecule has 2 unspecified atom stereocenters. The van der Waals surface area contributed by atoms with Gasteiger partial charge in [0.1, 0.15) is 0 Å². The number of hydrogen-bond acceptors (Lipinski definition) is 5. The summed E-state index contributed by atoms with van der Waals surface area (Å²) in [7, 11) is 0. The van der Waals surface area contributed by atoms with Crippen LogP contribution in [0, 0.1) is 5.92 Å². The van der Waals surface area contributed by atoms with E-state index in [-0.39, 0.29) is 12.6 Å². The average Bonchev–Trinajstić information content (AvgIpc) is 3.49. The molecule has 0 amide bonds. The number of nitrogens with zero attached hydrogens (tertiary/aromatic N) is 1. The van der Waals surface area contributed by atoms with Gasteiger partial charge in [-0.05, 0) is 76.7 Å². The van der Waals surface area contributed by atoms with Gasteiger partial charge in [0.15, 0.2) is 0 Å². The van der Waals surface area contributed by atoms with Crippen LogP contribution in [0.15, 0.2) is 12.3 Å². The zero-order chi connectivity index (χ0) is 36.3. The lowest BCUT2D eigenvalue weighted by atomic mass is 9.90. The van der Waals surface area contributed by atoms with Crippen LogP contribution in [0.25, 0.3) is 0 Å². The quantitative estimate of drug-likeness (QED) is 0.0394. The molecule has 1 aliphatic heterocycles. The average molecular weight is 706 g/mol. The Balaban J connectivity index is 2.30. The lowest BCUT2D eigenvalue weighted by Crippen LogP contribution is -2.35. The summed E-state index contributed by atoms with van der Waals surface area (Å²) in [6.45, 7) is 13.8. The highest BCUT2D eigenvalue weighted by molar-refractivity contribution is 5.69. The van der Waals surface area contributed by atoms with Crippen molar-refractivity contribution in [2.75, 3.05) is 26.3 Å². The summed E-state index contributed by atoms with van der Waals surface area (Å²) >= 11 is 0. The van der Waals surface area contributed by atoms with Crippen LogP contribution in [-0.4, -0.2) is 54.4 Å². The van der Waals surface area contributed by atoms with Gasteiger partial charge in [-0.1, -0.05) is 156 Å². The molecule has 5 nitrogen and oxygen atoms in total. The molecule has 0 bridgehead atoms. The van der Waals surface area contributed by atoms with Crippen LogP contribution in [0.2, 0.25) is 0 Å². The molecular formula is C45H87NO4. The van der Waals surface area contributed by atoms with Gasteiger partial charge in [0.25, 0.3) is 0 Å². The molecule has 296 valence electrons. The number of hydrogen-bond donors (Lipinski definition) is 1. The van der Waals surface area contributed by atoms with Gasteiger partial charge in [0.05, 0.1) is 25.1 Å². The fourth-order valence-corrected chi connectivity index (χ4v) is 8.04. The minimum atomic E-state index is -0.0186. The van der Waals surface area contributed by atoms with E-state index in [1.54, 1.807) is 0 Å². The van der Waals surface area contributed by atoms with Crippen LogP contribution in [0.4, 0.5) is 0 Å². The van der Waals surface area contributed by atoms with E-state index >= 15 is 0 Å². The molecule has 0 saturated carbocycles. The number of esters is 1. The molecule has 0 aromatic carbocycles. The van der Waals surface area contributed by atoms with E-state index < -0.39 is 0 Å². The molecule has 0 aromatic heterocycles. The molecule has 1 fully saturated rings. The van der Waals surface area contributed by atoms with E-state index in [0.717, 1.165) is 51.0 Å². The second kappa shape index (κ2) is 35.0. The van der Waals surface area contributed by atoms with Gasteiger partial charge >= 0.3 is 5.97 Å². The minimum absolute atomic E-state index is 0.0186. The van der Waals surface area contributed by atoms with Crippen molar-refractivity contribution in [3.63, 3.8) is 0 Å². The fourth-order valence-electron chi connectivity index (χ4n) is 8.04. The summed E-state index contributed by atoms with van der Waals surface area (Å²) in [5.74, 6) is 1.60. The first-order valence-electron chi connectivity index (χ1n) is 22.4. The highest BCUT2D eigenvalue weighted by Crippen LogP contribution is 2.32. The largest absolute Gasteiger partial charge is 0.495 e. The first kappa shape index (κ1) is 47.0. The third-order valence-electron chi connectivity index (χ3n) is 11.2. The summed E-state index contributed by atoms with van der Waals surface area (Å²) in [5.41, 5.74) is 0. The van der Waals surface area contributed by atoms with Crippen LogP contribution < -0.4 is 0 Å². The number of likely N-dealkylation sites (tertiary alicyclic amines) is 1. The third kappa shape index (κ3) is 26.7. The first-order chi connectivity index (χ1) is 24.5. The van der Waals surface area contributed by atoms with Gasteiger partial charge in [0.2, 0.25) is 0 Å². The number of aliphatic hydroxyl groups is 1. The van der Waals surface area contributed by atoms with Gasteiger partial charge in [-0.3, -0.25) is 9.69 Å². The van der Waals surface area contributed by atoms with Crippen LogP contribution in [0.1, 0.15) is 226 Å². The first-order valence-corrected chi connectivity index (χ1v) is 22.4. The Morgan fingerprint density at radius 1 is 0.660 bits per heavy atom. The highest BCUT2D eigenvalue weighted by Gasteiger charge is 2.32. The van der Waals surface area contributed by atoms with E-state index in [1.165, 1.54) is 167 Å². The molecular weight excluding hydrogens is 618 g/mol. The van der Waals surface area contributed by atoms with E-state index in [9.17, 15) is 9.90 Å². The lowest BCUT2D eigenvalue weighted by Gasteiger charge is -2.28. The molecule has 1 heterocycles. The Bertz CT molecular complexity index is 741. The van der Waals surface area contributed by atoms with Crippen molar-refractivity contribution in [2.45, 2.75) is 238 Å². The Hall–Kier alpha value is -1.07. The van der Waals surface area contributed by atoms with Crippen molar-refractivity contribution >= 4 is 5.97 Å². The van der Waals surface area contributed by atoms with Gasteiger partial charge in [-0.2, -0.15) is 0 Å². The number of ether oxygens (including phenoxy) is 2. The van der Waals surface area contributed by atoms with Gasteiger partial charge < -0.3 is 14.6 Å². The molecule has 50 heavy (non-hydrogen) atoms. The Morgan fingerprint density at radius 3 is 1.74 bits per heavy atom. The summed E-state index contributed by atoms with van der Waals surface area (Å²) in [6.07, 6.45) is 39.7. The SMILES string of the molecule is C=C(CCCCCC1C(CCCC(=O)OCCCCCCCCCCC)CCN1CCO)OC(CCCCCCCC)CCCCCCCC. The van der Waals surface area contributed by atoms with Crippen molar-refractivity contribution in [3.05, 3.63) is 12.3 Å². The lowest BCUT2D eigenvalue weighted by molar-refractivity contribution is -0.143. The maximum absolute atomic E-state index is 12.4. The normalized spacial score (nSPS) is 16.4. The Morgan fingerprint density at radius 2 is 1.18 bits per heavy atom. The van der Waals surface area contributed by atoms with Crippen LogP contribution in [-0.2, 0) is 14.3 Å². The summed E-state index contributed by atoms with van der Waals surface area (Å²) in [5, 5.41) is 9.69. The standard InChI is InChI=1S/C45H87NO4/c1-5-8-11-14-17-18-19-22-28-40-49-45(48)35-29-31-42-36-37-46(38-39-47)44(42)34-27-23-24-30-41(4)50-43(32-25-20-15-12-9-6-2)33-26-21-16-13-10-7-3/h42-44,47H,4-40H2,1-3H3. The second-order valence-corrected chi connectivity index (χ2v) is 15.8. The van der Waals surface area contributed by atoms with E-state index in [4.69, 9.17) is 9.47 Å². The monoisotopic (exact) mass is 706 g/mol. The van der Waals surface area contributed by atoms with E-state index in [1.807, 2.05) is 0 Å². The van der Waals surface area contributed by atoms with Crippen LogP contribution in [0.3, 0.4) is 0 Å². The summed E-state index contributed by atoms with van der Waals surface area (Å²) in [6, 6.07) is 0.527. The van der Waals surface area contributed by atoms with Gasteiger partial charge in [0, 0.05) is 25.4 Å². The number of rotatable bonds is 38. The maximum atomic E-state index is 12.4. The third-order valence-corrected chi connectivity index (χ3v) is 11.2. The van der Waals surface area contributed by atoms with Crippen LogP contribution >= 0.6 is 0 Å². The Labute approximate surface area is 312 Å². The number of carbonyl (C=O) groups is 1. The van der Waals surface area contributed by atoms with Crippen molar-refractivity contribution in [3.8, 4) is 0 Å². The van der Waals surface area contributed by atoms with E-state index in [2.05, 4.69) is 32.3 Å². The summed E-state index contributed by atoms with van der Waals surface area (Å²) < 4.78 is 12.1. The molecule has 0 aliphatic carbocycles. The molecule has 2 atom stereocenters. The van der Waals surface area contributed by atoms with Gasteiger partial charge in [-0.25, -0.2) is 0 Å². The Kier molecular flexibility index (Phi) is 32.9. The minimum Gasteiger partial charge on any atom is -0.495 e. The number of carbonyl (C=O) groups excluding carboxylic acids is 1. The van der Waals surface area contributed by atoms with Crippen molar-refractivity contribution in [1.82, 2.24) is 4.90 Å². The fraction of sp³-hybridized carbons (Fsp3) is 0.933. The predicted octanol–water partition coefficient (Wildman–Crippen LogP) is 13.3. The van der Waals surface area contributed by atoms with Crippen molar-refractivity contribution < 1.29 is 19.4 Å². The number of β-amino-alcohol motifs (C(OH)–C–C–N with tert-alkyl or cyclic N) is 1. The zero-order valence-corrected chi connectivity index (χ0v) is 34.0. The molecule has 0 radical (unpaired) electrons. The molecule has 5 heteroatoms. The topological polar surface area (TPSA) is 59.0 Å². The molecule has 1 N–H and O–H groups in total. The highest BCUT2D eigenvalue weighted by atomic mass is 16.5. The second-order valence-electron chi connectivity index (χ2n) is 15.8. The molecule has 1 aliphatic rings. The molecule has 1 saturated heterocycles. The van der Waals surface area contributed by atoms with Crippen molar-refractivity contribution in [2.24, 2.45) is 5.92 Å². The van der Waals surface area contributed by atoms with E-state index in [0.29, 0.717) is 31.1 Å². The number of unbranched alkanes of at least 4 members (excludes halogenated alkanes) is 20. The molecule has 0 spiro atoms. The number of allylic oxidation sites excluding steroid dienone is 1. The predicted molar refractivity (Wildman–Crippen MR) is 216 cm³/mol. The molecule has 1 rings (SSSR count). The smallest absolute Gasteiger partial charge is 0.305 e. The molecule has 0 aromatic rings. The maximum Gasteiger partial charge on any atom is 0.305 e. The summed E-state index contributed by atoms with van der Waals surface area (Å²) in [4.78, 5) is 14.9. The number of aliphatic hydroxyl groups excluding tert-OH is 1. The van der Waals surface area contributed by atoms with Crippen molar-refractivity contribution in [1.29, 1.82) is 0 Å². The van der Waals surface area contributed by atoms with Crippen LogP contribution in [0.5, 0.6) is 0 Å².